The van der Waals surface area contributed by atoms with E-state index in [4.69, 9.17) is 0 Å². The van der Waals surface area contributed by atoms with Crippen LogP contribution in [0.25, 0.3) is 16.9 Å². The van der Waals surface area contributed by atoms with E-state index in [1.807, 2.05) is 37.3 Å². The summed E-state index contributed by atoms with van der Waals surface area (Å²) in [6.07, 6.45) is 2.96. The molecule has 3 rings (SSSR count). The number of carbonyl (C=O) groups excluding carboxylic acids is 1. The maximum atomic E-state index is 12.5. The molecule has 0 saturated heterocycles. The standard InChI is InChI=1S/C16H17N5O2/c1-3-19(2)13(22)9-20-10-18-15-14(16(20)23)17-11-21(15)12-7-5-4-6-8-12/h4-8,10-11H,3,9H2,1-2H3. The molecule has 0 aliphatic rings. The number of hydrogen-bond donors (Lipinski definition) is 0. The number of rotatable bonds is 4. The fourth-order valence-electron chi connectivity index (χ4n) is 2.26. The molecule has 7 nitrogen and oxygen atoms in total. The normalized spacial score (nSPS) is 10.9. The van der Waals surface area contributed by atoms with E-state index in [0.29, 0.717) is 12.2 Å². The lowest BCUT2D eigenvalue weighted by Crippen LogP contribution is -2.34. The number of carbonyl (C=O) groups is 1. The van der Waals surface area contributed by atoms with Gasteiger partial charge in [0.15, 0.2) is 11.2 Å². The Hall–Kier alpha value is -2.96. The molecule has 0 N–H and O–H groups in total. The summed E-state index contributed by atoms with van der Waals surface area (Å²) in [7, 11) is 1.70. The Morgan fingerprint density at radius 2 is 1.91 bits per heavy atom. The van der Waals surface area contributed by atoms with E-state index in [-0.39, 0.29) is 23.5 Å². The van der Waals surface area contributed by atoms with Gasteiger partial charge in [0.25, 0.3) is 5.56 Å². The number of likely N-dealkylation sites (N-methyl/N-ethyl adjacent to an activating group) is 1. The smallest absolute Gasteiger partial charge is 0.282 e. The van der Waals surface area contributed by atoms with Crippen molar-refractivity contribution >= 4 is 17.1 Å². The van der Waals surface area contributed by atoms with Crippen molar-refractivity contribution in [2.24, 2.45) is 0 Å². The van der Waals surface area contributed by atoms with Crippen molar-refractivity contribution in [3.63, 3.8) is 0 Å². The SMILES string of the molecule is CCN(C)C(=O)Cn1cnc2c(ncn2-c2ccccc2)c1=O. The first kappa shape index (κ1) is 15.0. The number of nitrogens with zero attached hydrogens (tertiary/aromatic N) is 5. The Morgan fingerprint density at radius 3 is 2.61 bits per heavy atom. The van der Waals surface area contributed by atoms with Crippen LogP contribution in [0.4, 0.5) is 0 Å². The summed E-state index contributed by atoms with van der Waals surface area (Å²) in [5.74, 6) is -0.141. The predicted molar refractivity (Wildman–Crippen MR) is 86.4 cm³/mol. The van der Waals surface area contributed by atoms with Gasteiger partial charge < -0.3 is 4.90 Å². The molecule has 0 aliphatic carbocycles. The van der Waals surface area contributed by atoms with Gasteiger partial charge in [-0.3, -0.25) is 18.7 Å². The maximum Gasteiger partial charge on any atom is 0.282 e. The molecule has 0 unspecified atom stereocenters. The Balaban J connectivity index is 2.02. The lowest BCUT2D eigenvalue weighted by Gasteiger charge is -2.14. The molecule has 0 spiro atoms. The monoisotopic (exact) mass is 311 g/mol. The second-order valence-electron chi connectivity index (χ2n) is 5.21. The summed E-state index contributed by atoms with van der Waals surface area (Å²) in [5, 5.41) is 0. The first-order valence-electron chi connectivity index (χ1n) is 7.33. The zero-order chi connectivity index (χ0) is 16.4. The van der Waals surface area contributed by atoms with Crippen LogP contribution < -0.4 is 5.56 Å². The van der Waals surface area contributed by atoms with E-state index in [1.54, 1.807) is 22.8 Å². The molecular weight excluding hydrogens is 294 g/mol. The molecule has 0 aliphatic heterocycles. The number of para-hydroxylation sites is 1. The maximum absolute atomic E-state index is 12.5. The summed E-state index contributed by atoms with van der Waals surface area (Å²) < 4.78 is 3.04. The molecule has 3 aromatic rings. The highest BCUT2D eigenvalue weighted by molar-refractivity contribution is 5.76. The van der Waals surface area contributed by atoms with Crippen LogP contribution in [-0.4, -0.2) is 43.5 Å². The highest BCUT2D eigenvalue weighted by Gasteiger charge is 2.14. The minimum absolute atomic E-state index is 0.0374. The van der Waals surface area contributed by atoms with E-state index >= 15 is 0 Å². The summed E-state index contributed by atoms with van der Waals surface area (Å²) in [5.41, 5.74) is 1.29. The number of imidazole rings is 1. The van der Waals surface area contributed by atoms with E-state index in [9.17, 15) is 9.59 Å². The molecule has 0 radical (unpaired) electrons. The van der Waals surface area contributed by atoms with Crippen LogP contribution in [-0.2, 0) is 11.3 Å². The van der Waals surface area contributed by atoms with Crippen molar-refractivity contribution in [3.8, 4) is 5.69 Å². The van der Waals surface area contributed by atoms with Gasteiger partial charge in [-0.15, -0.1) is 0 Å². The van der Waals surface area contributed by atoms with E-state index in [2.05, 4.69) is 9.97 Å². The zero-order valence-electron chi connectivity index (χ0n) is 13.0. The van der Waals surface area contributed by atoms with Gasteiger partial charge in [0.1, 0.15) is 19.2 Å². The van der Waals surface area contributed by atoms with Gasteiger partial charge >= 0.3 is 0 Å². The fourth-order valence-corrected chi connectivity index (χ4v) is 2.26. The van der Waals surface area contributed by atoms with E-state index < -0.39 is 0 Å². The average molecular weight is 311 g/mol. The molecule has 0 bridgehead atoms. The van der Waals surface area contributed by atoms with Gasteiger partial charge in [0.05, 0.1) is 0 Å². The van der Waals surface area contributed by atoms with Crippen LogP contribution in [0.5, 0.6) is 0 Å². The van der Waals surface area contributed by atoms with Crippen molar-refractivity contribution in [2.45, 2.75) is 13.5 Å². The molecule has 0 saturated carbocycles. The predicted octanol–water partition coefficient (Wildman–Crippen LogP) is 1.06. The molecule has 1 aromatic carbocycles. The molecule has 23 heavy (non-hydrogen) atoms. The molecule has 0 fully saturated rings. The Labute approximate surface area is 132 Å². The highest BCUT2D eigenvalue weighted by atomic mass is 16.2. The van der Waals surface area contributed by atoms with Crippen LogP contribution in [0.15, 0.2) is 47.8 Å². The first-order valence-corrected chi connectivity index (χ1v) is 7.33. The highest BCUT2D eigenvalue weighted by Crippen LogP contribution is 2.13. The Kier molecular flexibility index (Phi) is 3.92. The molecule has 0 atom stereocenters. The van der Waals surface area contributed by atoms with Crippen molar-refractivity contribution in [1.29, 1.82) is 0 Å². The van der Waals surface area contributed by atoms with Gasteiger partial charge in [-0.1, -0.05) is 18.2 Å². The van der Waals surface area contributed by atoms with Gasteiger partial charge in [0.2, 0.25) is 5.91 Å². The lowest BCUT2D eigenvalue weighted by atomic mass is 10.3. The molecule has 1 amide bonds. The third kappa shape index (κ3) is 2.73. The number of aromatic nitrogens is 4. The number of fused-ring (bicyclic) bond motifs is 1. The van der Waals surface area contributed by atoms with Crippen molar-refractivity contribution in [1.82, 2.24) is 24.0 Å². The first-order chi connectivity index (χ1) is 11.1. The van der Waals surface area contributed by atoms with Crippen molar-refractivity contribution in [3.05, 3.63) is 53.3 Å². The van der Waals surface area contributed by atoms with Crippen LogP contribution in [0.3, 0.4) is 0 Å². The number of benzene rings is 1. The summed E-state index contributed by atoms with van der Waals surface area (Å²) >= 11 is 0. The van der Waals surface area contributed by atoms with Gasteiger partial charge in [-0.05, 0) is 19.1 Å². The van der Waals surface area contributed by atoms with Gasteiger partial charge in [-0.25, -0.2) is 9.97 Å². The Bertz CT molecular complexity index is 898. The van der Waals surface area contributed by atoms with E-state index in [0.717, 1.165) is 5.69 Å². The van der Waals surface area contributed by atoms with Crippen LogP contribution in [0, 0.1) is 0 Å². The Morgan fingerprint density at radius 1 is 1.17 bits per heavy atom. The minimum Gasteiger partial charge on any atom is -0.344 e. The third-order valence-corrected chi connectivity index (χ3v) is 3.77. The van der Waals surface area contributed by atoms with Crippen molar-refractivity contribution < 1.29 is 4.79 Å². The number of amides is 1. The summed E-state index contributed by atoms with van der Waals surface area (Å²) in [6.45, 7) is 2.43. The van der Waals surface area contributed by atoms with Gasteiger partial charge in [0, 0.05) is 19.3 Å². The van der Waals surface area contributed by atoms with Crippen molar-refractivity contribution in [2.75, 3.05) is 13.6 Å². The summed E-state index contributed by atoms with van der Waals surface area (Å²) in [4.78, 5) is 34.5. The minimum atomic E-state index is -0.317. The fraction of sp³-hybridized carbons (Fsp3) is 0.250. The molecule has 7 heteroatoms. The summed E-state index contributed by atoms with van der Waals surface area (Å²) in [6, 6.07) is 9.55. The second kappa shape index (κ2) is 6.04. The van der Waals surface area contributed by atoms with E-state index in [1.165, 1.54) is 10.9 Å². The van der Waals surface area contributed by atoms with Crippen LogP contribution >= 0.6 is 0 Å². The second-order valence-corrected chi connectivity index (χ2v) is 5.21. The molecule has 2 aromatic heterocycles. The molecule has 118 valence electrons. The topological polar surface area (TPSA) is 73.0 Å². The molecular formula is C16H17N5O2. The number of hydrogen-bond acceptors (Lipinski definition) is 4. The van der Waals surface area contributed by atoms with Crippen LogP contribution in [0.1, 0.15) is 6.92 Å². The lowest BCUT2D eigenvalue weighted by molar-refractivity contribution is -0.130. The third-order valence-electron chi connectivity index (χ3n) is 3.77. The van der Waals surface area contributed by atoms with Gasteiger partial charge in [-0.2, -0.15) is 0 Å². The quantitative estimate of drug-likeness (QED) is 0.722. The van der Waals surface area contributed by atoms with Crippen LogP contribution in [0.2, 0.25) is 0 Å². The zero-order valence-corrected chi connectivity index (χ0v) is 13.0. The molecule has 2 heterocycles. The largest absolute Gasteiger partial charge is 0.344 e. The average Bonchev–Trinajstić information content (AvgIpc) is 3.02.